The van der Waals surface area contributed by atoms with Crippen LogP contribution in [-0.2, 0) is 0 Å². The summed E-state index contributed by atoms with van der Waals surface area (Å²) < 4.78 is 7.03. The summed E-state index contributed by atoms with van der Waals surface area (Å²) in [6.07, 6.45) is 1.56. The number of para-hydroxylation sites is 1. The van der Waals surface area contributed by atoms with E-state index >= 15 is 0 Å². The van der Waals surface area contributed by atoms with E-state index in [0.29, 0.717) is 28.4 Å². The number of carbonyl (C=O) groups is 2. The topological polar surface area (TPSA) is 89.2 Å². The average Bonchev–Trinajstić information content (AvgIpc) is 3.45. The third-order valence-corrected chi connectivity index (χ3v) is 4.88. The number of nitrogens with one attached hydrogen (secondary N) is 2. The van der Waals surface area contributed by atoms with E-state index in [1.807, 2.05) is 57.2 Å². The van der Waals surface area contributed by atoms with Crippen LogP contribution in [0.15, 0.2) is 77.4 Å². The molecule has 4 aromatic rings. The summed E-state index contributed by atoms with van der Waals surface area (Å²) in [4.78, 5) is 25.7. The van der Waals surface area contributed by atoms with Crippen LogP contribution in [0.4, 0.5) is 5.69 Å². The summed E-state index contributed by atoms with van der Waals surface area (Å²) in [6, 6.07) is 19.9. The van der Waals surface area contributed by atoms with Crippen molar-refractivity contribution in [3.63, 3.8) is 0 Å². The highest BCUT2D eigenvalue weighted by molar-refractivity contribution is 6.05. The lowest BCUT2D eigenvalue weighted by Gasteiger charge is -2.13. The van der Waals surface area contributed by atoms with Crippen molar-refractivity contribution in [2.24, 2.45) is 0 Å². The first-order chi connectivity index (χ1) is 15.4. The Balaban J connectivity index is 1.67. The fourth-order valence-corrected chi connectivity index (χ4v) is 3.33. The van der Waals surface area contributed by atoms with Gasteiger partial charge in [-0.25, -0.2) is 4.68 Å². The second kappa shape index (κ2) is 8.93. The molecule has 0 spiro atoms. The van der Waals surface area contributed by atoms with Gasteiger partial charge in [0.25, 0.3) is 11.8 Å². The van der Waals surface area contributed by atoms with E-state index in [-0.39, 0.29) is 17.9 Å². The Morgan fingerprint density at radius 1 is 0.969 bits per heavy atom. The second-order valence-corrected chi connectivity index (χ2v) is 7.75. The lowest BCUT2D eigenvalue weighted by atomic mass is 10.1. The second-order valence-electron chi connectivity index (χ2n) is 7.75. The molecule has 0 fully saturated rings. The molecule has 7 heteroatoms. The van der Waals surface area contributed by atoms with Crippen molar-refractivity contribution in [3.05, 3.63) is 89.8 Å². The molecular weight excluding hydrogens is 404 g/mol. The minimum atomic E-state index is -0.349. The standard InChI is InChI=1S/C25H24N4O3/c1-16(2)26-24(30)20-14-18(12-11-17(20)3)27-25(31)22-15-21(23-10-7-13-32-23)28-29(22)19-8-5-4-6-9-19/h4-16H,1-3H3,(H,26,30)(H,27,31). The largest absolute Gasteiger partial charge is 0.463 e. The fourth-order valence-electron chi connectivity index (χ4n) is 3.33. The molecule has 0 radical (unpaired) electrons. The maximum absolute atomic E-state index is 13.2. The highest BCUT2D eigenvalue weighted by Gasteiger charge is 2.20. The molecule has 0 bridgehead atoms. The van der Waals surface area contributed by atoms with Crippen LogP contribution in [0.2, 0.25) is 0 Å². The molecule has 0 aliphatic carbocycles. The zero-order valence-corrected chi connectivity index (χ0v) is 18.1. The molecule has 0 aliphatic rings. The number of carbonyl (C=O) groups excluding carboxylic acids is 2. The fraction of sp³-hybridized carbons (Fsp3) is 0.160. The molecule has 0 unspecified atom stereocenters. The minimum absolute atomic E-state index is 0.0143. The van der Waals surface area contributed by atoms with E-state index in [9.17, 15) is 9.59 Å². The van der Waals surface area contributed by atoms with Crippen molar-refractivity contribution in [2.75, 3.05) is 5.32 Å². The number of aromatic nitrogens is 2. The van der Waals surface area contributed by atoms with E-state index < -0.39 is 0 Å². The Labute approximate surface area is 186 Å². The maximum Gasteiger partial charge on any atom is 0.274 e. The van der Waals surface area contributed by atoms with Crippen molar-refractivity contribution < 1.29 is 14.0 Å². The van der Waals surface area contributed by atoms with Gasteiger partial charge in [-0.15, -0.1) is 0 Å². The molecule has 0 atom stereocenters. The SMILES string of the molecule is Cc1ccc(NC(=O)c2cc(-c3ccco3)nn2-c2ccccc2)cc1C(=O)NC(C)C. The number of rotatable bonds is 6. The van der Waals surface area contributed by atoms with Crippen LogP contribution >= 0.6 is 0 Å². The third-order valence-electron chi connectivity index (χ3n) is 4.88. The molecule has 2 aromatic heterocycles. The highest BCUT2D eigenvalue weighted by atomic mass is 16.3. The van der Waals surface area contributed by atoms with Gasteiger partial charge in [0.05, 0.1) is 12.0 Å². The molecular formula is C25H24N4O3. The zero-order valence-electron chi connectivity index (χ0n) is 18.1. The molecule has 0 saturated heterocycles. The van der Waals surface area contributed by atoms with Gasteiger partial charge in [0.15, 0.2) is 5.76 Å². The number of amides is 2. The molecule has 32 heavy (non-hydrogen) atoms. The molecule has 2 N–H and O–H groups in total. The Kier molecular flexibility index (Phi) is 5.89. The number of furan rings is 1. The van der Waals surface area contributed by atoms with Crippen LogP contribution in [-0.4, -0.2) is 27.6 Å². The predicted molar refractivity (Wildman–Crippen MR) is 123 cm³/mol. The van der Waals surface area contributed by atoms with Gasteiger partial charge in [-0.1, -0.05) is 24.3 Å². The van der Waals surface area contributed by atoms with Gasteiger partial charge in [0, 0.05) is 23.4 Å². The summed E-state index contributed by atoms with van der Waals surface area (Å²) in [7, 11) is 0. The van der Waals surface area contributed by atoms with Gasteiger partial charge in [0.1, 0.15) is 11.4 Å². The predicted octanol–water partition coefficient (Wildman–Crippen LogP) is 4.83. The summed E-state index contributed by atoms with van der Waals surface area (Å²) >= 11 is 0. The Bertz CT molecular complexity index is 1240. The van der Waals surface area contributed by atoms with Crippen LogP contribution < -0.4 is 10.6 Å². The molecule has 2 aromatic carbocycles. The van der Waals surface area contributed by atoms with Gasteiger partial charge in [-0.2, -0.15) is 5.10 Å². The molecule has 2 heterocycles. The summed E-state index contributed by atoms with van der Waals surface area (Å²) in [6.45, 7) is 5.67. The summed E-state index contributed by atoms with van der Waals surface area (Å²) in [5.41, 5.74) is 3.51. The van der Waals surface area contributed by atoms with Gasteiger partial charge >= 0.3 is 0 Å². The Morgan fingerprint density at radius 3 is 2.44 bits per heavy atom. The van der Waals surface area contributed by atoms with Gasteiger partial charge < -0.3 is 15.1 Å². The van der Waals surface area contributed by atoms with Crippen molar-refractivity contribution in [1.82, 2.24) is 15.1 Å². The number of hydrogen-bond acceptors (Lipinski definition) is 4. The number of aryl methyl sites for hydroxylation is 1. The van der Waals surface area contributed by atoms with E-state index in [2.05, 4.69) is 15.7 Å². The van der Waals surface area contributed by atoms with E-state index in [1.54, 1.807) is 41.3 Å². The molecule has 2 amide bonds. The van der Waals surface area contributed by atoms with Crippen LogP contribution in [0.3, 0.4) is 0 Å². The van der Waals surface area contributed by atoms with Crippen molar-refractivity contribution >= 4 is 17.5 Å². The van der Waals surface area contributed by atoms with Gasteiger partial charge in [-0.3, -0.25) is 9.59 Å². The molecule has 0 aliphatic heterocycles. The number of anilines is 1. The molecule has 7 nitrogen and oxygen atoms in total. The molecule has 4 rings (SSSR count). The first kappa shape index (κ1) is 21.1. The normalized spacial score (nSPS) is 10.9. The lowest BCUT2D eigenvalue weighted by Crippen LogP contribution is -2.30. The van der Waals surface area contributed by atoms with Crippen molar-refractivity contribution in [3.8, 4) is 17.1 Å². The summed E-state index contributed by atoms with van der Waals surface area (Å²) in [5.74, 6) is 0.0398. The smallest absolute Gasteiger partial charge is 0.274 e. The van der Waals surface area contributed by atoms with Gasteiger partial charge in [0.2, 0.25) is 0 Å². The third kappa shape index (κ3) is 4.46. The highest BCUT2D eigenvalue weighted by Crippen LogP contribution is 2.23. The van der Waals surface area contributed by atoms with E-state index in [4.69, 9.17) is 4.42 Å². The number of hydrogen-bond donors (Lipinski definition) is 2. The molecule has 162 valence electrons. The monoisotopic (exact) mass is 428 g/mol. The quantitative estimate of drug-likeness (QED) is 0.460. The van der Waals surface area contributed by atoms with Crippen LogP contribution in [0.5, 0.6) is 0 Å². The van der Waals surface area contributed by atoms with Crippen LogP contribution in [0.25, 0.3) is 17.1 Å². The molecule has 0 saturated carbocycles. The van der Waals surface area contributed by atoms with Crippen molar-refractivity contribution in [1.29, 1.82) is 0 Å². The Morgan fingerprint density at radius 2 is 1.75 bits per heavy atom. The van der Waals surface area contributed by atoms with E-state index in [0.717, 1.165) is 11.3 Å². The average molecular weight is 428 g/mol. The zero-order chi connectivity index (χ0) is 22.7. The number of nitrogens with zero attached hydrogens (tertiary/aromatic N) is 2. The van der Waals surface area contributed by atoms with E-state index in [1.165, 1.54) is 0 Å². The van der Waals surface area contributed by atoms with Crippen molar-refractivity contribution in [2.45, 2.75) is 26.8 Å². The lowest BCUT2D eigenvalue weighted by molar-refractivity contribution is 0.0941. The Hall–Kier alpha value is -4.13. The number of benzene rings is 2. The minimum Gasteiger partial charge on any atom is -0.463 e. The maximum atomic E-state index is 13.2. The van der Waals surface area contributed by atoms with Gasteiger partial charge in [-0.05, 0) is 62.7 Å². The van der Waals surface area contributed by atoms with Crippen LogP contribution in [0.1, 0.15) is 40.3 Å². The van der Waals surface area contributed by atoms with Crippen LogP contribution in [0, 0.1) is 6.92 Å². The first-order valence-electron chi connectivity index (χ1n) is 10.3. The summed E-state index contributed by atoms with van der Waals surface area (Å²) in [5, 5.41) is 10.4. The first-order valence-corrected chi connectivity index (χ1v) is 10.3.